The van der Waals surface area contributed by atoms with Crippen LogP contribution in [0.25, 0.3) is 0 Å². The summed E-state index contributed by atoms with van der Waals surface area (Å²) in [7, 11) is 0. The first kappa shape index (κ1) is 9.97. The van der Waals surface area contributed by atoms with Crippen LogP contribution in [0.15, 0.2) is 0 Å². The molecule has 3 heteroatoms. The second-order valence-corrected chi connectivity index (χ2v) is 4.44. The van der Waals surface area contributed by atoms with Gasteiger partial charge in [-0.3, -0.25) is 9.69 Å². The minimum absolute atomic E-state index is 0.396. The first-order valence-electron chi connectivity index (χ1n) is 5.82. The standard InChI is InChI=1S/C11H20N2O/c1-2-5-12-6-8-13(9-7-12)11(14)10-3-4-10/h10H,2-9H2,1H3. The van der Waals surface area contributed by atoms with Crippen molar-refractivity contribution in [1.82, 2.24) is 9.80 Å². The Balaban J connectivity index is 1.74. The van der Waals surface area contributed by atoms with Crippen LogP contribution in [0.5, 0.6) is 0 Å². The highest BCUT2D eigenvalue weighted by molar-refractivity contribution is 5.81. The van der Waals surface area contributed by atoms with Gasteiger partial charge in [0.1, 0.15) is 0 Å². The lowest BCUT2D eigenvalue weighted by molar-refractivity contribution is -0.134. The zero-order valence-electron chi connectivity index (χ0n) is 9.04. The predicted molar refractivity (Wildman–Crippen MR) is 56.0 cm³/mol. The Labute approximate surface area is 86.1 Å². The van der Waals surface area contributed by atoms with E-state index in [1.807, 2.05) is 0 Å². The molecule has 2 fully saturated rings. The molecule has 80 valence electrons. The molecule has 0 bridgehead atoms. The molecule has 1 amide bonds. The Morgan fingerprint density at radius 3 is 2.36 bits per heavy atom. The monoisotopic (exact) mass is 196 g/mol. The summed E-state index contributed by atoms with van der Waals surface area (Å²) in [6.45, 7) is 7.45. The van der Waals surface area contributed by atoms with E-state index in [0.29, 0.717) is 11.8 Å². The number of carbonyl (C=O) groups excluding carboxylic acids is 1. The van der Waals surface area contributed by atoms with Crippen molar-refractivity contribution in [2.45, 2.75) is 26.2 Å². The maximum atomic E-state index is 11.7. The van der Waals surface area contributed by atoms with Crippen molar-refractivity contribution in [1.29, 1.82) is 0 Å². The summed E-state index contributed by atoms with van der Waals surface area (Å²) in [4.78, 5) is 16.2. The zero-order chi connectivity index (χ0) is 9.97. The molecule has 0 spiro atoms. The number of piperazine rings is 1. The van der Waals surface area contributed by atoms with Crippen LogP contribution in [0, 0.1) is 5.92 Å². The van der Waals surface area contributed by atoms with Crippen molar-refractivity contribution < 1.29 is 4.79 Å². The third-order valence-electron chi connectivity index (χ3n) is 3.15. The number of hydrogen-bond donors (Lipinski definition) is 0. The Bertz CT molecular complexity index is 205. The topological polar surface area (TPSA) is 23.6 Å². The molecule has 1 heterocycles. The minimum atomic E-state index is 0.396. The van der Waals surface area contributed by atoms with Gasteiger partial charge >= 0.3 is 0 Å². The summed E-state index contributed by atoms with van der Waals surface area (Å²) in [5, 5.41) is 0. The highest BCUT2D eigenvalue weighted by atomic mass is 16.2. The van der Waals surface area contributed by atoms with Gasteiger partial charge in [0.2, 0.25) is 5.91 Å². The molecule has 0 aromatic rings. The fourth-order valence-electron chi connectivity index (χ4n) is 2.10. The van der Waals surface area contributed by atoms with E-state index in [9.17, 15) is 4.79 Å². The van der Waals surface area contributed by atoms with Crippen LogP contribution in [0.3, 0.4) is 0 Å². The lowest BCUT2D eigenvalue weighted by Gasteiger charge is -2.34. The number of amides is 1. The molecular formula is C11H20N2O. The SMILES string of the molecule is CCCN1CCN(C(=O)C2CC2)CC1. The molecule has 2 rings (SSSR count). The Hall–Kier alpha value is -0.570. The summed E-state index contributed by atoms with van der Waals surface area (Å²) >= 11 is 0. The van der Waals surface area contributed by atoms with Crippen LogP contribution in [-0.4, -0.2) is 48.4 Å². The number of hydrogen-bond acceptors (Lipinski definition) is 2. The molecule has 1 aliphatic heterocycles. The molecule has 0 N–H and O–H groups in total. The largest absolute Gasteiger partial charge is 0.340 e. The van der Waals surface area contributed by atoms with Gasteiger partial charge in [0.05, 0.1) is 0 Å². The van der Waals surface area contributed by atoms with Gasteiger partial charge in [0.25, 0.3) is 0 Å². The first-order chi connectivity index (χ1) is 6.81. The number of nitrogens with zero attached hydrogens (tertiary/aromatic N) is 2. The average molecular weight is 196 g/mol. The summed E-state index contributed by atoms with van der Waals surface area (Å²) in [6, 6.07) is 0. The Morgan fingerprint density at radius 2 is 1.86 bits per heavy atom. The van der Waals surface area contributed by atoms with E-state index in [-0.39, 0.29) is 0 Å². The fraction of sp³-hybridized carbons (Fsp3) is 0.909. The lowest BCUT2D eigenvalue weighted by Crippen LogP contribution is -2.49. The van der Waals surface area contributed by atoms with E-state index < -0.39 is 0 Å². The van der Waals surface area contributed by atoms with E-state index in [2.05, 4.69) is 16.7 Å². The Kier molecular flexibility index (Phi) is 3.06. The van der Waals surface area contributed by atoms with E-state index in [4.69, 9.17) is 0 Å². The maximum Gasteiger partial charge on any atom is 0.225 e. The molecule has 0 aromatic carbocycles. The zero-order valence-corrected chi connectivity index (χ0v) is 9.04. The number of carbonyl (C=O) groups is 1. The molecule has 14 heavy (non-hydrogen) atoms. The third kappa shape index (κ3) is 2.27. The van der Waals surface area contributed by atoms with Crippen LogP contribution in [0.2, 0.25) is 0 Å². The molecular weight excluding hydrogens is 176 g/mol. The second kappa shape index (κ2) is 4.30. The summed E-state index contributed by atoms with van der Waals surface area (Å²) < 4.78 is 0. The molecule has 1 saturated heterocycles. The molecule has 0 atom stereocenters. The Morgan fingerprint density at radius 1 is 1.21 bits per heavy atom. The fourth-order valence-corrected chi connectivity index (χ4v) is 2.10. The van der Waals surface area contributed by atoms with E-state index in [1.54, 1.807) is 0 Å². The van der Waals surface area contributed by atoms with Gasteiger partial charge in [0, 0.05) is 32.1 Å². The molecule has 0 aromatic heterocycles. The van der Waals surface area contributed by atoms with Crippen LogP contribution in [0.1, 0.15) is 26.2 Å². The van der Waals surface area contributed by atoms with E-state index >= 15 is 0 Å². The molecule has 1 saturated carbocycles. The normalized spacial score (nSPS) is 23.9. The van der Waals surface area contributed by atoms with Crippen LogP contribution in [0.4, 0.5) is 0 Å². The number of rotatable bonds is 3. The highest BCUT2D eigenvalue weighted by Crippen LogP contribution is 2.31. The minimum Gasteiger partial charge on any atom is -0.340 e. The van der Waals surface area contributed by atoms with Crippen LogP contribution >= 0.6 is 0 Å². The third-order valence-corrected chi connectivity index (χ3v) is 3.15. The van der Waals surface area contributed by atoms with Gasteiger partial charge in [-0.25, -0.2) is 0 Å². The summed E-state index contributed by atoms with van der Waals surface area (Å²) in [5.74, 6) is 0.814. The van der Waals surface area contributed by atoms with Crippen molar-refractivity contribution in [2.24, 2.45) is 5.92 Å². The van der Waals surface area contributed by atoms with Crippen molar-refractivity contribution >= 4 is 5.91 Å². The van der Waals surface area contributed by atoms with Crippen molar-refractivity contribution in [2.75, 3.05) is 32.7 Å². The highest BCUT2D eigenvalue weighted by Gasteiger charge is 2.34. The molecule has 0 radical (unpaired) electrons. The van der Waals surface area contributed by atoms with Crippen molar-refractivity contribution in [3.8, 4) is 0 Å². The molecule has 0 unspecified atom stereocenters. The van der Waals surface area contributed by atoms with Gasteiger partial charge < -0.3 is 4.90 Å². The van der Waals surface area contributed by atoms with Gasteiger partial charge in [-0.1, -0.05) is 6.92 Å². The quantitative estimate of drug-likeness (QED) is 0.671. The van der Waals surface area contributed by atoms with Crippen molar-refractivity contribution in [3.05, 3.63) is 0 Å². The van der Waals surface area contributed by atoms with Crippen molar-refractivity contribution in [3.63, 3.8) is 0 Å². The summed E-state index contributed by atoms with van der Waals surface area (Å²) in [6.07, 6.45) is 3.48. The van der Waals surface area contributed by atoms with E-state index in [0.717, 1.165) is 39.0 Å². The van der Waals surface area contributed by atoms with Gasteiger partial charge in [-0.05, 0) is 25.8 Å². The van der Waals surface area contributed by atoms with Gasteiger partial charge in [-0.15, -0.1) is 0 Å². The smallest absolute Gasteiger partial charge is 0.225 e. The molecule has 3 nitrogen and oxygen atoms in total. The molecule has 2 aliphatic rings. The maximum absolute atomic E-state index is 11.7. The van der Waals surface area contributed by atoms with Gasteiger partial charge in [-0.2, -0.15) is 0 Å². The second-order valence-electron chi connectivity index (χ2n) is 4.44. The molecule has 1 aliphatic carbocycles. The average Bonchev–Trinajstić information content (AvgIpc) is 3.02. The van der Waals surface area contributed by atoms with Gasteiger partial charge in [0.15, 0.2) is 0 Å². The van der Waals surface area contributed by atoms with E-state index in [1.165, 1.54) is 13.0 Å². The predicted octanol–water partition coefficient (Wildman–Crippen LogP) is 0.951. The van der Waals surface area contributed by atoms with Crippen LogP contribution in [-0.2, 0) is 4.79 Å². The summed E-state index contributed by atoms with van der Waals surface area (Å²) in [5.41, 5.74) is 0. The first-order valence-corrected chi connectivity index (χ1v) is 5.82. The lowest BCUT2D eigenvalue weighted by atomic mass is 10.2. The van der Waals surface area contributed by atoms with Crippen LogP contribution < -0.4 is 0 Å².